The highest BCUT2D eigenvalue weighted by Gasteiger charge is 2.33. The zero-order valence-electron chi connectivity index (χ0n) is 13.7. The number of aryl methyl sites for hydroxylation is 1. The van der Waals surface area contributed by atoms with Crippen molar-refractivity contribution < 1.29 is 0 Å². The van der Waals surface area contributed by atoms with E-state index < -0.39 is 0 Å². The van der Waals surface area contributed by atoms with Crippen LogP contribution >= 0.6 is 0 Å². The molecule has 1 aliphatic carbocycles. The van der Waals surface area contributed by atoms with Gasteiger partial charge in [-0.2, -0.15) is 5.10 Å². The topological polar surface area (TPSA) is 43.8 Å². The maximum atomic E-state index is 5.95. The predicted octanol–water partition coefficient (Wildman–Crippen LogP) is 4.39. The van der Waals surface area contributed by atoms with Crippen LogP contribution in [0, 0.1) is 10.8 Å². The first-order valence-corrected chi connectivity index (χ1v) is 7.61. The molecular formula is C18H25N3. The van der Waals surface area contributed by atoms with E-state index in [1.54, 1.807) is 0 Å². The van der Waals surface area contributed by atoms with E-state index >= 15 is 0 Å². The van der Waals surface area contributed by atoms with E-state index in [0.29, 0.717) is 11.2 Å². The van der Waals surface area contributed by atoms with Gasteiger partial charge in [0.2, 0.25) is 0 Å². The molecule has 3 rings (SSSR count). The summed E-state index contributed by atoms with van der Waals surface area (Å²) >= 11 is 0. The van der Waals surface area contributed by atoms with Crippen LogP contribution in [0.1, 0.15) is 46.1 Å². The molecule has 0 atom stereocenters. The van der Waals surface area contributed by atoms with E-state index in [-0.39, 0.29) is 5.41 Å². The van der Waals surface area contributed by atoms with Gasteiger partial charge in [0, 0.05) is 12.4 Å². The first-order valence-electron chi connectivity index (χ1n) is 7.61. The third-order valence-corrected chi connectivity index (χ3v) is 4.42. The van der Waals surface area contributed by atoms with Gasteiger partial charge >= 0.3 is 0 Å². The Morgan fingerprint density at radius 2 is 1.90 bits per heavy atom. The smallest absolute Gasteiger partial charge is 0.153 e. The predicted molar refractivity (Wildman–Crippen MR) is 89.9 cm³/mol. The Labute approximate surface area is 126 Å². The molecule has 0 spiro atoms. The van der Waals surface area contributed by atoms with E-state index in [0.717, 1.165) is 17.3 Å². The largest absolute Gasteiger partial charge is 0.382 e. The molecule has 21 heavy (non-hydrogen) atoms. The highest BCUT2D eigenvalue weighted by molar-refractivity contribution is 5.91. The van der Waals surface area contributed by atoms with Gasteiger partial charge in [0.15, 0.2) is 5.82 Å². The molecule has 0 bridgehead atoms. The molecule has 1 aromatic carbocycles. The minimum atomic E-state index is 0.248. The van der Waals surface area contributed by atoms with Crippen molar-refractivity contribution >= 4 is 22.3 Å². The Morgan fingerprint density at radius 3 is 2.57 bits per heavy atom. The number of nitrogens with two attached hydrogens (primary N) is 1. The number of benzene rings is 1. The minimum absolute atomic E-state index is 0.248. The van der Waals surface area contributed by atoms with E-state index in [1.165, 1.54) is 17.6 Å². The summed E-state index contributed by atoms with van der Waals surface area (Å²) in [6, 6.07) is 6.51. The molecule has 0 amide bonds. The van der Waals surface area contributed by atoms with Crippen molar-refractivity contribution in [3.63, 3.8) is 0 Å². The molecule has 1 aliphatic rings. The monoisotopic (exact) mass is 283 g/mol. The van der Waals surface area contributed by atoms with Gasteiger partial charge in [0.1, 0.15) is 0 Å². The maximum Gasteiger partial charge on any atom is 0.153 e. The van der Waals surface area contributed by atoms with Gasteiger partial charge in [0.05, 0.1) is 5.52 Å². The molecule has 3 nitrogen and oxygen atoms in total. The highest BCUT2D eigenvalue weighted by atomic mass is 15.3. The standard InChI is InChI=1S/C18H25N3/c1-17(2)9-13(10-18(3,4)11-17)12-6-7-14-15(8-12)21(5)20-16(14)19/h6-9H,10-11H2,1-5H3,(H2,19,20). The molecule has 3 heteroatoms. The van der Waals surface area contributed by atoms with Crippen molar-refractivity contribution in [2.45, 2.75) is 40.5 Å². The summed E-state index contributed by atoms with van der Waals surface area (Å²) in [5, 5.41) is 5.35. The number of hydrogen-bond acceptors (Lipinski definition) is 2. The molecule has 2 N–H and O–H groups in total. The lowest BCUT2D eigenvalue weighted by Gasteiger charge is -2.39. The second kappa shape index (κ2) is 4.36. The second-order valence-corrected chi connectivity index (χ2v) is 7.92. The number of allylic oxidation sites excluding steroid dienone is 2. The van der Waals surface area contributed by atoms with Gasteiger partial charge in [-0.1, -0.05) is 39.8 Å². The average molecular weight is 283 g/mol. The average Bonchev–Trinajstić information content (AvgIpc) is 2.61. The van der Waals surface area contributed by atoms with Crippen LogP contribution in [0.5, 0.6) is 0 Å². The zero-order valence-corrected chi connectivity index (χ0v) is 13.7. The quantitative estimate of drug-likeness (QED) is 0.843. The number of fused-ring (bicyclic) bond motifs is 1. The number of aromatic nitrogens is 2. The fourth-order valence-electron chi connectivity index (χ4n) is 4.06. The minimum Gasteiger partial charge on any atom is -0.382 e. The van der Waals surface area contributed by atoms with E-state index in [1.807, 2.05) is 11.7 Å². The normalized spacial score (nSPS) is 20.5. The van der Waals surface area contributed by atoms with Crippen LogP contribution in [0.2, 0.25) is 0 Å². The maximum absolute atomic E-state index is 5.95. The Balaban J connectivity index is 2.12. The molecule has 0 fully saturated rings. The summed E-state index contributed by atoms with van der Waals surface area (Å²) in [6.07, 6.45) is 4.79. The summed E-state index contributed by atoms with van der Waals surface area (Å²) in [7, 11) is 1.95. The van der Waals surface area contributed by atoms with Crippen LogP contribution in [0.15, 0.2) is 24.3 Å². The molecule has 1 heterocycles. The van der Waals surface area contributed by atoms with Gasteiger partial charge < -0.3 is 5.73 Å². The molecule has 0 aliphatic heterocycles. The van der Waals surface area contributed by atoms with Crippen molar-refractivity contribution in [3.05, 3.63) is 29.8 Å². The third kappa shape index (κ3) is 2.57. The SMILES string of the molecule is Cn1nc(N)c2ccc(C3=CC(C)(C)CC(C)(C)C3)cc21. The lowest BCUT2D eigenvalue weighted by Crippen LogP contribution is -2.26. The Morgan fingerprint density at radius 1 is 1.19 bits per heavy atom. The van der Waals surface area contributed by atoms with Gasteiger partial charge in [-0.15, -0.1) is 0 Å². The van der Waals surface area contributed by atoms with Crippen LogP contribution in [0.25, 0.3) is 16.5 Å². The fraction of sp³-hybridized carbons (Fsp3) is 0.500. The Hall–Kier alpha value is -1.77. The first kappa shape index (κ1) is 14.2. The van der Waals surface area contributed by atoms with Crippen molar-refractivity contribution in [2.75, 3.05) is 5.73 Å². The summed E-state index contributed by atoms with van der Waals surface area (Å²) < 4.78 is 1.87. The summed E-state index contributed by atoms with van der Waals surface area (Å²) in [6.45, 7) is 9.38. The van der Waals surface area contributed by atoms with Crippen molar-refractivity contribution in [1.82, 2.24) is 9.78 Å². The molecule has 0 saturated carbocycles. The van der Waals surface area contributed by atoms with Crippen molar-refractivity contribution in [2.24, 2.45) is 17.9 Å². The van der Waals surface area contributed by atoms with E-state index in [4.69, 9.17) is 5.73 Å². The van der Waals surface area contributed by atoms with Crippen LogP contribution in [-0.4, -0.2) is 9.78 Å². The van der Waals surface area contributed by atoms with Gasteiger partial charge in [-0.25, -0.2) is 0 Å². The highest BCUT2D eigenvalue weighted by Crippen LogP contribution is 2.47. The first-order chi connectivity index (χ1) is 9.67. The number of hydrogen-bond donors (Lipinski definition) is 1. The van der Waals surface area contributed by atoms with Crippen LogP contribution in [0.4, 0.5) is 5.82 Å². The van der Waals surface area contributed by atoms with E-state index in [9.17, 15) is 0 Å². The molecule has 2 aromatic rings. The summed E-state index contributed by atoms with van der Waals surface area (Å²) in [5.74, 6) is 0.609. The zero-order chi connectivity index (χ0) is 15.4. The number of nitrogen functional groups attached to an aromatic ring is 1. The Kier molecular flexibility index (Phi) is 2.94. The molecule has 1 aromatic heterocycles. The Bertz CT molecular complexity index is 732. The number of anilines is 1. The van der Waals surface area contributed by atoms with Gasteiger partial charge in [-0.05, 0) is 46.9 Å². The molecule has 0 radical (unpaired) electrons. The summed E-state index contributed by atoms with van der Waals surface area (Å²) in [5.41, 5.74) is 10.4. The molecule has 112 valence electrons. The van der Waals surface area contributed by atoms with Gasteiger partial charge in [0.25, 0.3) is 0 Å². The molecular weight excluding hydrogens is 258 g/mol. The van der Waals surface area contributed by atoms with Crippen LogP contribution in [-0.2, 0) is 7.05 Å². The number of rotatable bonds is 1. The molecule has 0 saturated heterocycles. The fourth-order valence-corrected chi connectivity index (χ4v) is 4.06. The van der Waals surface area contributed by atoms with Gasteiger partial charge in [-0.3, -0.25) is 4.68 Å². The number of nitrogens with zero attached hydrogens (tertiary/aromatic N) is 2. The van der Waals surface area contributed by atoms with Crippen LogP contribution in [0.3, 0.4) is 0 Å². The third-order valence-electron chi connectivity index (χ3n) is 4.42. The van der Waals surface area contributed by atoms with E-state index in [2.05, 4.69) is 57.1 Å². The lowest BCUT2D eigenvalue weighted by atomic mass is 9.66. The summed E-state index contributed by atoms with van der Waals surface area (Å²) in [4.78, 5) is 0. The van der Waals surface area contributed by atoms with Crippen LogP contribution < -0.4 is 5.73 Å². The lowest BCUT2D eigenvalue weighted by molar-refractivity contribution is 0.229. The van der Waals surface area contributed by atoms with Crippen molar-refractivity contribution in [1.29, 1.82) is 0 Å². The molecule has 0 unspecified atom stereocenters. The second-order valence-electron chi connectivity index (χ2n) is 7.92. The van der Waals surface area contributed by atoms with Crippen molar-refractivity contribution in [3.8, 4) is 0 Å².